The van der Waals surface area contributed by atoms with E-state index in [1.165, 1.54) is 25.7 Å². The molecule has 5 heteroatoms. The van der Waals surface area contributed by atoms with E-state index in [0.29, 0.717) is 6.54 Å². The van der Waals surface area contributed by atoms with Crippen molar-refractivity contribution in [2.45, 2.75) is 92.1 Å². The zero-order chi connectivity index (χ0) is 22.3. The number of rotatable bonds is 11. The van der Waals surface area contributed by atoms with Crippen LogP contribution in [-0.2, 0) is 11.2 Å². The predicted octanol–water partition coefficient (Wildman–Crippen LogP) is 5.65. The van der Waals surface area contributed by atoms with Crippen molar-refractivity contribution < 1.29 is 14.3 Å². The number of fused-ring (bicyclic) bond motifs is 1. The molecule has 0 fully saturated rings. The lowest BCUT2D eigenvalue weighted by atomic mass is 9.85. The molecule has 170 valence electrons. The smallest absolute Gasteiger partial charge is 0.238 e. The Labute approximate surface area is 183 Å². The number of methoxy groups -OCH3 is 1. The molecule has 1 atom stereocenters. The van der Waals surface area contributed by atoms with Gasteiger partial charge in [-0.1, -0.05) is 40.0 Å². The number of likely N-dealkylation sites (N-methyl/N-ethyl adjacent to an activating group) is 1. The Kier molecular flexibility index (Phi) is 9.02. The number of unbranched alkanes of at least 4 members (excludes halogenated alkanes) is 3. The molecule has 1 aliphatic rings. The van der Waals surface area contributed by atoms with Crippen LogP contribution in [0.15, 0.2) is 0 Å². The van der Waals surface area contributed by atoms with Crippen LogP contribution in [0, 0.1) is 13.8 Å². The molecule has 0 bridgehead atoms. The zero-order valence-corrected chi connectivity index (χ0v) is 20.2. The Morgan fingerprint density at radius 3 is 2.43 bits per heavy atom. The summed E-state index contributed by atoms with van der Waals surface area (Å²) in [4.78, 5) is 14.9. The second-order valence-electron chi connectivity index (χ2n) is 8.84. The lowest BCUT2D eigenvalue weighted by Crippen LogP contribution is -2.37. The van der Waals surface area contributed by atoms with E-state index < -0.39 is 0 Å². The van der Waals surface area contributed by atoms with Crippen LogP contribution in [0.25, 0.3) is 0 Å². The first-order valence-corrected chi connectivity index (χ1v) is 11.7. The molecule has 0 spiro atoms. The van der Waals surface area contributed by atoms with Gasteiger partial charge in [0.1, 0.15) is 17.1 Å². The van der Waals surface area contributed by atoms with E-state index in [-0.39, 0.29) is 11.5 Å². The highest BCUT2D eigenvalue weighted by molar-refractivity contribution is 5.96. The Morgan fingerprint density at radius 2 is 1.83 bits per heavy atom. The maximum Gasteiger partial charge on any atom is 0.238 e. The normalized spacial score (nSPS) is 18.1. The quantitative estimate of drug-likeness (QED) is 0.472. The second-order valence-corrected chi connectivity index (χ2v) is 8.84. The van der Waals surface area contributed by atoms with Crippen molar-refractivity contribution in [3.05, 3.63) is 16.7 Å². The van der Waals surface area contributed by atoms with Crippen LogP contribution in [0.4, 0.5) is 5.69 Å². The van der Waals surface area contributed by atoms with Crippen molar-refractivity contribution in [1.29, 1.82) is 0 Å². The number of nitrogens with zero attached hydrogens (tertiary/aromatic N) is 1. The van der Waals surface area contributed by atoms with Gasteiger partial charge in [-0.15, -0.1) is 0 Å². The van der Waals surface area contributed by atoms with Gasteiger partial charge in [-0.2, -0.15) is 0 Å². The van der Waals surface area contributed by atoms with Crippen LogP contribution in [0.1, 0.15) is 82.9 Å². The first-order chi connectivity index (χ1) is 14.3. The van der Waals surface area contributed by atoms with Crippen molar-refractivity contribution in [3.63, 3.8) is 0 Å². The van der Waals surface area contributed by atoms with Crippen LogP contribution >= 0.6 is 0 Å². The Hall–Kier alpha value is -1.75. The Morgan fingerprint density at radius 1 is 1.13 bits per heavy atom. The number of nitrogens with one attached hydrogen (secondary N) is 1. The monoisotopic (exact) mass is 418 g/mol. The van der Waals surface area contributed by atoms with Gasteiger partial charge < -0.3 is 14.8 Å². The minimum Gasteiger partial charge on any atom is -0.494 e. The number of carbonyl (C=O) groups is 1. The summed E-state index contributed by atoms with van der Waals surface area (Å²) in [5.41, 5.74) is 3.87. The largest absolute Gasteiger partial charge is 0.494 e. The molecule has 0 aromatic heterocycles. The summed E-state index contributed by atoms with van der Waals surface area (Å²) in [6.45, 7) is 14.9. The number of hydrogen-bond acceptors (Lipinski definition) is 4. The number of ether oxygens (including phenoxy) is 2. The highest BCUT2D eigenvalue weighted by Gasteiger charge is 2.35. The third kappa shape index (κ3) is 5.69. The number of anilines is 1. The second kappa shape index (κ2) is 11.0. The fraction of sp³-hybridized carbons (Fsp3) is 0.720. The number of hydrogen-bond donors (Lipinski definition) is 1. The molecule has 1 heterocycles. The van der Waals surface area contributed by atoms with Gasteiger partial charge in [-0.25, -0.2) is 0 Å². The molecular formula is C25H42N2O3. The van der Waals surface area contributed by atoms with Gasteiger partial charge in [0.15, 0.2) is 0 Å². The third-order valence-corrected chi connectivity index (χ3v) is 6.59. The summed E-state index contributed by atoms with van der Waals surface area (Å²) >= 11 is 0. The highest BCUT2D eigenvalue weighted by atomic mass is 16.5. The maximum atomic E-state index is 12.8. The molecule has 1 unspecified atom stereocenters. The van der Waals surface area contributed by atoms with E-state index in [1.54, 1.807) is 7.11 Å². The molecule has 0 aliphatic carbocycles. The number of carbonyl (C=O) groups excluding carboxylic acids is 1. The van der Waals surface area contributed by atoms with Gasteiger partial charge in [-0.3, -0.25) is 9.69 Å². The molecule has 30 heavy (non-hydrogen) atoms. The lowest BCUT2D eigenvalue weighted by molar-refractivity contribution is -0.117. The summed E-state index contributed by atoms with van der Waals surface area (Å²) in [5.74, 6) is 1.69. The van der Waals surface area contributed by atoms with Crippen LogP contribution in [0.2, 0.25) is 0 Å². The molecule has 1 amide bonds. The molecule has 1 N–H and O–H groups in total. The summed E-state index contributed by atoms with van der Waals surface area (Å²) in [5, 5.41) is 3.16. The molecule has 5 nitrogen and oxygen atoms in total. The molecule has 2 rings (SSSR count). The summed E-state index contributed by atoms with van der Waals surface area (Å²) < 4.78 is 12.4. The van der Waals surface area contributed by atoms with Crippen molar-refractivity contribution in [2.75, 3.05) is 32.1 Å². The Bertz CT molecular complexity index is 728. The van der Waals surface area contributed by atoms with Gasteiger partial charge >= 0.3 is 0 Å². The minimum atomic E-state index is -0.144. The van der Waals surface area contributed by atoms with Crippen LogP contribution in [0.5, 0.6) is 11.5 Å². The van der Waals surface area contributed by atoms with Gasteiger partial charge in [0.25, 0.3) is 0 Å². The van der Waals surface area contributed by atoms with E-state index in [4.69, 9.17) is 9.47 Å². The number of amides is 1. The number of benzene rings is 1. The van der Waals surface area contributed by atoms with E-state index >= 15 is 0 Å². The molecule has 1 aliphatic heterocycles. The first-order valence-electron chi connectivity index (χ1n) is 11.7. The van der Waals surface area contributed by atoms with Crippen molar-refractivity contribution >= 4 is 11.6 Å². The zero-order valence-electron chi connectivity index (χ0n) is 20.2. The Balaban J connectivity index is 2.31. The molecular weight excluding hydrogens is 376 g/mol. The van der Waals surface area contributed by atoms with Gasteiger partial charge in [-0.05, 0) is 70.7 Å². The summed E-state index contributed by atoms with van der Waals surface area (Å²) in [6, 6.07) is 0. The maximum absolute atomic E-state index is 12.8. The van der Waals surface area contributed by atoms with E-state index in [0.717, 1.165) is 66.2 Å². The SMILES string of the molecule is CCCCCCC1(C)CCc2c(NC(=O)CN(CC)CC)c(OC)c(C)c(C)c2O1. The molecule has 0 saturated heterocycles. The molecule has 1 aromatic rings. The average Bonchev–Trinajstić information content (AvgIpc) is 2.73. The fourth-order valence-electron chi connectivity index (χ4n) is 4.39. The predicted molar refractivity (Wildman–Crippen MR) is 125 cm³/mol. The van der Waals surface area contributed by atoms with Gasteiger partial charge in [0.05, 0.1) is 19.3 Å². The van der Waals surface area contributed by atoms with Crippen molar-refractivity contribution in [2.24, 2.45) is 0 Å². The third-order valence-electron chi connectivity index (χ3n) is 6.59. The van der Waals surface area contributed by atoms with Crippen LogP contribution in [0.3, 0.4) is 0 Å². The van der Waals surface area contributed by atoms with Crippen molar-refractivity contribution in [1.82, 2.24) is 4.90 Å². The topological polar surface area (TPSA) is 50.8 Å². The first kappa shape index (κ1) is 24.5. The van der Waals surface area contributed by atoms with E-state index in [1.807, 2.05) is 6.92 Å². The standard InChI is InChI=1S/C25H42N2O3/c1-8-11-12-13-15-25(6)16-14-20-22(26-21(28)17-27(9-2)10-3)24(29-7)19(5)18(4)23(20)30-25/h8-17H2,1-7H3,(H,26,28). The van der Waals surface area contributed by atoms with E-state index in [2.05, 4.69) is 44.8 Å². The van der Waals surface area contributed by atoms with Crippen molar-refractivity contribution in [3.8, 4) is 11.5 Å². The summed E-state index contributed by atoms with van der Waals surface area (Å²) in [7, 11) is 1.68. The van der Waals surface area contributed by atoms with Gasteiger partial charge in [0, 0.05) is 5.56 Å². The highest BCUT2D eigenvalue weighted by Crippen LogP contribution is 2.47. The van der Waals surface area contributed by atoms with Gasteiger partial charge in [0.2, 0.25) is 5.91 Å². The van der Waals surface area contributed by atoms with E-state index in [9.17, 15) is 4.79 Å². The molecule has 1 aromatic carbocycles. The minimum absolute atomic E-state index is 0.00430. The molecule has 0 saturated carbocycles. The fourth-order valence-corrected chi connectivity index (χ4v) is 4.39. The lowest BCUT2D eigenvalue weighted by Gasteiger charge is -2.38. The molecule has 0 radical (unpaired) electrons. The van der Waals surface area contributed by atoms with Crippen LogP contribution < -0.4 is 14.8 Å². The average molecular weight is 419 g/mol. The summed E-state index contributed by atoms with van der Waals surface area (Å²) in [6.07, 6.45) is 7.89. The van der Waals surface area contributed by atoms with Crippen LogP contribution in [-0.4, -0.2) is 43.2 Å².